The molecule has 20 heavy (non-hydrogen) atoms. The molecule has 0 aromatic rings. The topological polar surface area (TPSA) is 101 Å². The number of hydrogen-bond acceptors (Lipinski definition) is 4. The molecule has 1 heterocycles. The quantitative estimate of drug-likeness (QED) is 0.784. The Morgan fingerprint density at radius 2 is 1.90 bits per heavy atom. The van der Waals surface area contributed by atoms with Crippen molar-refractivity contribution >= 4 is 21.7 Å². The number of carboxylic acids is 1. The highest BCUT2D eigenvalue weighted by molar-refractivity contribution is 7.91. The van der Waals surface area contributed by atoms with Crippen LogP contribution in [0.2, 0.25) is 0 Å². The number of carbonyl (C=O) groups is 2. The minimum absolute atomic E-state index is 0.0274. The molecule has 1 aliphatic carbocycles. The van der Waals surface area contributed by atoms with Gasteiger partial charge in [0, 0.05) is 6.04 Å². The molecule has 4 atom stereocenters. The highest BCUT2D eigenvalue weighted by Crippen LogP contribution is 2.38. The van der Waals surface area contributed by atoms with E-state index in [1.165, 1.54) is 0 Å². The van der Waals surface area contributed by atoms with Crippen molar-refractivity contribution in [2.24, 2.45) is 17.8 Å². The van der Waals surface area contributed by atoms with Gasteiger partial charge in [0.05, 0.1) is 23.3 Å². The van der Waals surface area contributed by atoms with E-state index in [9.17, 15) is 23.1 Å². The number of rotatable bonds is 4. The number of aliphatic carboxylic acids is 1. The van der Waals surface area contributed by atoms with Crippen molar-refractivity contribution in [3.8, 4) is 0 Å². The highest BCUT2D eigenvalue weighted by Gasteiger charge is 2.43. The normalized spacial score (nSPS) is 35.9. The van der Waals surface area contributed by atoms with Gasteiger partial charge in [-0.25, -0.2) is 8.42 Å². The summed E-state index contributed by atoms with van der Waals surface area (Å²) >= 11 is 0. The minimum atomic E-state index is -3.04. The Morgan fingerprint density at radius 1 is 1.25 bits per heavy atom. The fourth-order valence-corrected chi connectivity index (χ4v) is 4.93. The van der Waals surface area contributed by atoms with Crippen LogP contribution in [0.4, 0.5) is 0 Å². The van der Waals surface area contributed by atoms with Crippen LogP contribution in [0, 0.1) is 17.8 Å². The highest BCUT2D eigenvalue weighted by atomic mass is 32.2. The van der Waals surface area contributed by atoms with Gasteiger partial charge in [-0.05, 0) is 25.2 Å². The summed E-state index contributed by atoms with van der Waals surface area (Å²) in [7, 11) is -3.04. The van der Waals surface area contributed by atoms with Crippen LogP contribution >= 0.6 is 0 Å². The third-order valence-corrected chi connectivity index (χ3v) is 6.24. The van der Waals surface area contributed by atoms with Crippen molar-refractivity contribution in [2.45, 2.75) is 38.6 Å². The van der Waals surface area contributed by atoms with Gasteiger partial charge in [0.2, 0.25) is 5.91 Å². The number of amides is 1. The molecule has 114 valence electrons. The van der Waals surface area contributed by atoms with Crippen LogP contribution in [0.5, 0.6) is 0 Å². The zero-order valence-electron chi connectivity index (χ0n) is 11.5. The molecule has 6 nitrogen and oxygen atoms in total. The number of sulfone groups is 1. The Bertz CT molecular complexity index is 501. The fraction of sp³-hybridized carbons (Fsp3) is 0.846. The van der Waals surface area contributed by atoms with Crippen LogP contribution in [0.25, 0.3) is 0 Å². The molecule has 7 heteroatoms. The maximum absolute atomic E-state index is 12.2. The van der Waals surface area contributed by atoms with Crippen LogP contribution in [0.3, 0.4) is 0 Å². The lowest BCUT2D eigenvalue weighted by Gasteiger charge is -2.18. The summed E-state index contributed by atoms with van der Waals surface area (Å²) in [6.45, 7) is 1.99. The van der Waals surface area contributed by atoms with Crippen molar-refractivity contribution in [2.75, 3.05) is 11.5 Å². The van der Waals surface area contributed by atoms with Crippen molar-refractivity contribution in [1.82, 2.24) is 5.32 Å². The monoisotopic (exact) mass is 303 g/mol. The first kappa shape index (κ1) is 15.3. The zero-order valence-corrected chi connectivity index (χ0v) is 12.4. The van der Waals surface area contributed by atoms with E-state index in [1.54, 1.807) is 0 Å². The lowest BCUT2D eigenvalue weighted by Crippen LogP contribution is -2.41. The number of carbonyl (C=O) groups excluding carboxylic acids is 1. The lowest BCUT2D eigenvalue weighted by molar-refractivity contribution is -0.146. The third-order valence-electron chi connectivity index (χ3n) is 4.47. The second-order valence-electron chi connectivity index (χ2n) is 5.91. The number of carboxylic acid groups (broad SMARTS) is 1. The molecular formula is C13H21NO5S. The van der Waals surface area contributed by atoms with Gasteiger partial charge in [0.1, 0.15) is 0 Å². The summed E-state index contributed by atoms with van der Waals surface area (Å²) in [5, 5.41) is 11.9. The molecule has 0 aromatic heterocycles. The van der Waals surface area contributed by atoms with Crippen LogP contribution in [-0.2, 0) is 19.4 Å². The van der Waals surface area contributed by atoms with E-state index in [4.69, 9.17) is 0 Å². The lowest BCUT2D eigenvalue weighted by atomic mass is 9.95. The molecular weight excluding hydrogens is 282 g/mol. The maximum Gasteiger partial charge on any atom is 0.307 e. The Kier molecular flexibility index (Phi) is 4.36. The van der Waals surface area contributed by atoms with E-state index in [1.807, 2.05) is 6.92 Å². The molecule has 2 fully saturated rings. The summed E-state index contributed by atoms with van der Waals surface area (Å²) in [5.74, 6) is -2.06. The summed E-state index contributed by atoms with van der Waals surface area (Å²) < 4.78 is 22.7. The Balaban J connectivity index is 1.99. The van der Waals surface area contributed by atoms with E-state index in [0.717, 1.165) is 6.42 Å². The molecule has 0 bridgehead atoms. The molecule has 0 aromatic carbocycles. The van der Waals surface area contributed by atoms with E-state index in [-0.39, 0.29) is 29.4 Å². The second kappa shape index (κ2) is 5.71. The first-order valence-electron chi connectivity index (χ1n) is 7.06. The Labute approximate surface area is 118 Å². The van der Waals surface area contributed by atoms with Gasteiger partial charge in [0.25, 0.3) is 0 Å². The van der Waals surface area contributed by atoms with Crippen LogP contribution in [0.1, 0.15) is 32.6 Å². The summed E-state index contributed by atoms with van der Waals surface area (Å²) in [5.41, 5.74) is 0. The molecule has 2 N–H and O–H groups in total. The molecule has 4 unspecified atom stereocenters. The molecule has 2 rings (SSSR count). The average molecular weight is 303 g/mol. The molecule has 1 amide bonds. The standard InChI is InChI=1S/C13H21NO5S/c1-2-8-5-10(11(6-8)13(16)17)12(15)14-9-3-4-20(18,19)7-9/h8-11H,2-7H2,1H3,(H,14,15)(H,16,17). The van der Waals surface area contributed by atoms with Gasteiger partial charge in [-0.2, -0.15) is 0 Å². The third kappa shape index (κ3) is 3.31. The van der Waals surface area contributed by atoms with Gasteiger partial charge in [-0.15, -0.1) is 0 Å². The Morgan fingerprint density at radius 3 is 2.40 bits per heavy atom. The summed E-state index contributed by atoms with van der Waals surface area (Å²) in [6.07, 6.45) is 2.41. The molecule has 0 spiro atoms. The maximum atomic E-state index is 12.2. The number of nitrogens with one attached hydrogen (secondary N) is 1. The predicted molar refractivity (Wildman–Crippen MR) is 72.8 cm³/mol. The second-order valence-corrected chi connectivity index (χ2v) is 8.13. The summed E-state index contributed by atoms with van der Waals surface area (Å²) in [6, 6.07) is -0.359. The first-order chi connectivity index (χ1) is 9.32. The molecule has 0 radical (unpaired) electrons. The van der Waals surface area contributed by atoms with E-state index >= 15 is 0 Å². The Hall–Kier alpha value is -1.11. The van der Waals surface area contributed by atoms with Crippen LogP contribution in [-0.4, -0.2) is 42.9 Å². The van der Waals surface area contributed by atoms with Crippen LogP contribution in [0.15, 0.2) is 0 Å². The van der Waals surface area contributed by atoms with Gasteiger partial charge in [-0.1, -0.05) is 13.3 Å². The molecule has 1 saturated heterocycles. The van der Waals surface area contributed by atoms with Gasteiger partial charge >= 0.3 is 5.97 Å². The van der Waals surface area contributed by atoms with E-state index < -0.39 is 27.6 Å². The van der Waals surface area contributed by atoms with Gasteiger partial charge < -0.3 is 10.4 Å². The van der Waals surface area contributed by atoms with Crippen molar-refractivity contribution < 1.29 is 23.1 Å². The molecule has 2 aliphatic rings. The van der Waals surface area contributed by atoms with Crippen molar-refractivity contribution in [1.29, 1.82) is 0 Å². The zero-order chi connectivity index (χ0) is 14.9. The number of hydrogen-bond donors (Lipinski definition) is 2. The minimum Gasteiger partial charge on any atom is -0.481 e. The predicted octanol–water partition coefficient (Wildman–Crippen LogP) is 0.427. The largest absolute Gasteiger partial charge is 0.481 e. The average Bonchev–Trinajstić information content (AvgIpc) is 2.92. The molecule has 1 saturated carbocycles. The first-order valence-corrected chi connectivity index (χ1v) is 8.88. The summed E-state index contributed by atoms with van der Waals surface area (Å²) in [4.78, 5) is 23.5. The fourth-order valence-electron chi connectivity index (χ4n) is 3.26. The van der Waals surface area contributed by atoms with Crippen molar-refractivity contribution in [3.05, 3.63) is 0 Å². The van der Waals surface area contributed by atoms with E-state index in [0.29, 0.717) is 19.3 Å². The van der Waals surface area contributed by atoms with Gasteiger partial charge in [-0.3, -0.25) is 9.59 Å². The molecule has 1 aliphatic heterocycles. The van der Waals surface area contributed by atoms with Crippen molar-refractivity contribution in [3.63, 3.8) is 0 Å². The van der Waals surface area contributed by atoms with E-state index in [2.05, 4.69) is 5.32 Å². The SMILES string of the molecule is CCC1CC(C(=O)O)C(C(=O)NC2CCS(=O)(=O)C2)C1. The smallest absolute Gasteiger partial charge is 0.307 e. The van der Waals surface area contributed by atoms with Gasteiger partial charge in [0.15, 0.2) is 9.84 Å². The van der Waals surface area contributed by atoms with Crippen LogP contribution < -0.4 is 5.32 Å².